The van der Waals surface area contributed by atoms with Crippen molar-refractivity contribution in [3.8, 4) is 0 Å². The summed E-state index contributed by atoms with van der Waals surface area (Å²) >= 11 is 0. The number of carbonyl (C=O) groups is 1. The molecule has 0 radical (unpaired) electrons. The maximum Gasteiger partial charge on any atom is 1.00 e. The molecule has 0 aliphatic heterocycles. The van der Waals surface area contributed by atoms with E-state index in [1.807, 2.05) is 0 Å². The van der Waals surface area contributed by atoms with Gasteiger partial charge in [0.25, 0.3) is 10.1 Å². The molecule has 0 aromatic carbocycles. The zero-order valence-corrected chi connectivity index (χ0v) is 9.96. The summed E-state index contributed by atoms with van der Waals surface area (Å²) in [4.78, 5) is 10.1. The topological polar surface area (TPSA) is 91.7 Å². The van der Waals surface area contributed by atoms with Crippen molar-refractivity contribution < 1.29 is 43.2 Å². The Morgan fingerprint density at radius 1 is 1.40 bits per heavy atom. The van der Waals surface area contributed by atoms with Crippen molar-refractivity contribution in [1.29, 1.82) is 0 Å². The number of aliphatic carboxylic acids is 1. The Balaban J connectivity index is -0.000000845. The van der Waals surface area contributed by atoms with Gasteiger partial charge in [0.2, 0.25) is 0 Å². The van der Waals surface area contributed by atoms with Crippen LogP contribution < -0.4 is 18.9 Å². The number of hydrogen-bond donors (Lipinski definition) is 2. The number of rotatable bonds is 7. The van der Waals surface area contributed by atoms with E-state index in [2.05, 4.69) is 0 Å². The Hall–Kier alpha value is -0.0226. The van der Waals surface area contributed by atoms with Gasteiger partial charge in [-0.3, -0.25) is 9.35 Å². The van der Waals surface area contributed by atoms with Gasteiger partial charge in [-0.1, -0.05) is 13.3 Å². The van der Waals surface area contributed by atoms with Gasteiger partial charge in [0.1, 0.15) is 0 Å². The predicted octanol–water partition coefficient (Wildman–Crippen LogP) is -1.59. The third-order valence-corrected chi connectivity index (χ3v) is 3.45. The van der Waals surface area contributed by atoms with Crippen LogP contribution in [0.25, 0.3) is 0 Å². The maximum atomic E-state index is 10.7. The predicted molar refractivity (Wildman–Crippen MR) is 52.8 cm³/mol. The van der Waals surface area contributed by atoms with Gasteiger partial charge in [0, 0.05) is 6.42 Å². The van der Waals surface area contributed by atoms with Crippen LogP contribution in [0.15, 0.2) is 0 Å². The zero-order chi connectivity index (χ0) is 11.2. The first kappa shape index (κ1) is 17.4. The summed E-state index contributed by atoms with van der Waals surface area (Å²) in [5, 5.41) is 7.57. The van der Waals surface area contributed by atoms with E-state index < -0.39 is 21.3 Å². The average molecular weight is 232 g/mol. The van der Waals surface area contributed by atoms with Gasteiger partial charge in [-0.25, -0.2) is 0 Å². The van der Waals surface area contributed by atoms with Crippen molar-refractivity contribution in [2.45, 2.75) is 44.3 Å². The Morgan fingerprint density at radius 2 is 1.93 bits per heavy atom. The SMILES string of the molecule is CCC(CCCCC(=O)O)S(=O)(=O)O.[H-].[Li+]. The first-order chi connectivity index (χ1) is 6.38. The third-order valence-electron chi connectivity index (χ3n) is 2.04. The van der Waals surface area contributed by atoms with E-state index in [9.17, 15) is 13.2 Å². The second kappa shape index (κ2) is 8.17. The molecule has 0 heterocycles. The molecule has 0 aromatic heterocycles. The Morgan fingerprint density at radius 3 is 2.27 bits per heavy atom. The van der Waals surface area contributed by atoms with Crippen LogP contribution in [0.1, 0.15) is 40.5 Å². The number of unbranched alkanes of at least 4 members (excludes halogenated alkanes) is 1. The van der Waals surface area contributed by atoms with Gasteiger partial charge >= 0.3 is 24.8 Å². The molecular weight excluding hydrogens is 215 g/mol. The number of carboxylic acid groups (broad SMARTS) is 1. The molecular formula is C8H17LiO5S. The number of carboxylic acids is 1. The summed E-state index contributed by atoms with van der Waals surface area (Å²) in [6.07, 6.45) is 1.67. The Bertz CT molecular complexity index is 280. The van der Waals surface area contributed by atoms with E-state index in [1.165, 1.54) is 0 Å². The van der Waals surface area contributed by atoms with E-state index in [0.29, 0.717) is 25.7 Å². The van der Waals surface area contributed by atoms with Gasteiger partial charge in [0.15, 0.2) is 0 Å². The first-order valence-electron chi connectivity index (χ1n) is 4.56. The third kappa shape index (κ3) is 8.94. The molecule has 2 N–H and O–H groups in total. The van der Waals surface area contributed by atoms with Crippen LogP contribution in [-0.4, -0.2) is 29.3 Å². The second-order valence-corrected chi connectivity index (χ2v) is 4.88. The molecule has 0 bridgehead atoms. The summed E-state index contributed by atoms with van der Waals surface area (Å²) in [7, 11) is -3.96. The standard InChI is InChI=1S/C8H16O5S.Li.H/c1-2-7(14(11,12)13)5-3-4-6-8(9)10;;/h7H,2-6H2,1H3,(H,9,10)(H,11,12,13);;/q;+1;-1. The molecule has 0 saturated heterocycles. The Kier molecular flexibility index (Phi) is 9.46. The molecule has 0 spiro atoms. The smallest absolute Gasteiger partial charge is 1.00 e. The van der Waals surface area contributed by atoms with E-state index in [4.69, 9.17) is 9.66 Å². The van der Waals surface area contributed by atoms with Crippen LogP contribution in [-0.2, 0) is 14.9 Å². The van der Waals surface area contributed by atoms with E-state index in [1.54, 1.807) is 6.92 Å². The first-order valence-corrected chi connectivity index (χ1v) is 6.06. The quantitative estimate of drug-likeness (QED) is 0.314. The van der Waals surface area contributed by atoms with E-state index >= 15 is 0 Å². The fourth-order valence-corrected chi connectivity index (χ4v) is 2.10. The molecule has 0 amide bonds. The van der Waals surface area contributed by atoms with Crippen LogP contribution in [0.5, 0.6) is 0 Å². The van der Waals surface area contributed by atoms with Crippen LogP contribution >= 0.6 is 0 Å². The Labute approximate surface area is 104 Å². The zero-order valence-electron chi connectivity index (χ0n) is 10.1. The second-order valence-electron chi connectivity index (χ2n) is 3.18. The summed E-state index contributed by atoms with van der Waals surface area (Å²) in [6, 6.07) is 0. The summed E-state index contributed by atoms with van der Waals surface area (Å²) in [6.45, 7) is 1.68. The molecule has 0 aromatic rings. The maximum absolute atomic E-state index is 10.7. The molecule has 1 atom stereocenters. The van der Waals surface area contributed by atoms with Gasteiger partial charge in [-0.15, -0.1) is 0 Å². The average Bonchev–Trinajstić information content (AvgIpc) is 2.01. The van der Waals surface area contributed by atoms with Crippen molar-refractivity contribution >= 4 is 16.1 Å². The molecule has 5 nitrogen and oxygen atoms in total. The molecule has 0 saturated carbocycles. The summed E-state index contributed by atoms with van der Waals surface area (Å²) < 4.78 is 30.2. The van der Waals surface area contributed by atoms with Gasteiger partial charge < -0.3 is 6.53 Å². The monoisotopic (exact) mass is 232 g/mol. The van der Waals surface area contributed by atoms with Gasteiger partial charge in [-0.2, -0.15) is 8.42 Å². The summed E-state index contributed by atoms with van der Waals surface area (Å²) in [5.74, 6) is -0.884. The van der Waals surface area contributed by atoms with Crippen molar-refractivity contribution in [2.75, 3.05) is 0 Å². The fraction of sp³-hybridized carbons (Fsp3) is 0.875. The minimum Gasteiger partial charge on any atom is -1.00 e. The number of hydrogen-bond acceptors (Lipinski definition) is 3. The van der Waals surface area contributed by atoms with Crippen LogP contribution in [0.4, 0.5) is 0 Å². The minimum atomic E-state index is -3.96. The molecule has 0 fully saturated rings. The fourth-order valence-electron chi connectivity index (χ4n) is 1.21. The van der Waals surface area contributed by atoms with Crippen molar-refractivity contribution in [1.82, 2.24) is 0 Å². The van der Waals surface area contributed by atoms with E-state index in [0.717, 1.165) is 0 Å². The van der Waals surface area contributed by atoms with Crippen molar-refractivity contribution in [3.63, 3.8) is 0 Å². The molecule has 1 unspecified atom stereocenters. The molecule has 86 valence electrons. The van der Waals surface area contributed by atoms with Crippen molar-refractivity contribution in [2.24, 2.45) is 0 Å². The normalized spacial score (nSPS) is 12.9. The van der Waals surface area contributed by atoms with Crippen LogP contribution in [0, 0.1) is 0 Å². The molecule has 0 aliphatic rings. The van der Waals surface area contributed by atoms with Crippen LogP contribution in [0.2, 0.25) is 0 Å². The summed E-state index contributed by atoms with van der Waals surface area (Å²) in [5.41, 5.74) is 0. The van der Waals surface area contributed by atoms with E-state index in [-0.39, 0.29) is 26.7 Å². The largest absolute Gasteiger partial charge is 1.00 e. The van der Waals surface area contributed by atoms with Gasteiger partial charge in [-0.05, 0) is 19.3 Å². The van der Waals surface area contributed by atoms with Crippen molar-refractivity contribution in [3.05, 3.63) is 0 Å². The molecule has 0 aliphatic carbocycles. The van der Waals surface area contributed by atoms with Gasteiger partial charge in [0.05, 0.1) is 5.25 Å². The molecule has 7 heteroatoms. The molecule has 0 rings (SSSR count). The minimum absolute atomic E-state index is 0. The molecule has 15 heavy (non-hydrogen) atoms. The van der Waals surface area contributed by atoms with Crippen LogP contribution in [0.3, 0.4) is 0 Å².